The minimum atomic E-state index is -3.99. The number of amides is 2. The molecule has 1 aromatic heterocycles. The van der Waals surface area contributed by atoms with Gasteiger partial charge in [-0.3, -0.25) is 19.0 Å². The molecule has 2 fully saturated rings. The number of nitrogens with one attached hydrogen (secondary N) is 1. The molecule has 1 aromatic carbocycles. The van der Waals surface area contributed by atoms with E-state index in [4.69, 9.17) is 16.3 Å². The number of aliphatic hydroxyl groups excluding tert-OH is 1. The number of para-hydroxylation sites is 2. The number of carbonyl (C=O) groups excluding carboxylic acids is 3. The SMILES string of the molecule is C[C@H]1CCCCC/C=C\[C@@H]2C[C@@]2(C(=O)NS(=O)(=O)N(C)C)CC(=O)[C@@H]2C[C@@H](O)CN2C1=O.C[Si](C)(C)CCOCn1c(Cl)nc2ccccc21. The molecule has 1 aliphatic carbocycles. The van der Waals surface area contributed by atoms with Crippen molar-refractivity contribution in [3.05, 3.63) is 41.7 Å². The molecule has 3 aliphatic rings. The first kappa shape index (κ1) is 40.2. The molecule has 0 unspecified atom stereocenters. The molecule has 2 N–H and O–H groups in total. The van der Waals surface area contributed by atoms with Gasteiger partial charge in [-0.1, -0.05) is 63.7 Å². The Morgan fingerprint density at radius 2 is 1.90 bits per heavy atom. The molecular weight excluding hydrogens is 698 g/mol. The Morgan fingerprint density at radius 3 is 2.60 bits per heavy atom. The lowest BCUT2D eigenvalue weighted by Crippen LogP contribution is -2.47. The number of Topliss-reactive ketones (excluding diaryl/α,β-unsaturated/α-hetero) is 1. The number of carbonyl (C=O) groups is 3. The van der Waals surface area contributed by atoms with Crippen LogP contribution in [-0.2, 0) is 36.1 Å². The van der Waals surface area contributed by atoms with Gasteiger partial charge in [0.05, 0.1) is 28.6 Å². The maximum absolute atomic E-state index is 13.3. The summed E-state index contributed by atoms with van der Waals surface area (Å²) in [4.78, 5) is 45.1. The van der Waals surface area contributed by atoms with E-state index in [0.29, 0.717) is 18.4 Å². The molecule has 1 saturated heterocycles. The second-order valence-corrected chi connectivity index (χ2v) is 23.2. The van der Waals surface area contributed by atoms with Crippen LogP contribution in [0, 0.1) is 17.3 Å². The van der Waals surface area contributed by atoms with Gasteiger partial charge in [-0.25, -0.2) is 9.71 Å². The van der Waals surface area contributed by atoms with Crippen molar-refractivity contribution >= 4 is 58.5 Å². The first-order valence-electron chi connectivity index (χ1n) is 17.6. The van der Waals surface area contributed by atoms with Gasteiger partial charge in [0, 0.05) is 54.1 Å². The van der Waals surface area contributed by atoms with E-state index < -0.39 is 41.8 Å². The first-order chi connectivity index (χ1) is 23.4. The summed E-state index contributed by atoms with van der Waals surface area (Å²) in [5, 5.41) is 10.7. The Hall–Kier alpha value is -2.62. The number of allylic oxidation sites excluding steroid dienone is 2. The Morgan fingerprint density at radius 1 is 1.18 bits per heavy atom. The van der Waals surface area contributed by atoms with Crippen LogP contribution in [0.1, 0.15) is 58.3 Å². The number of rotatable bonds is 8. The van der Waals surface area contributed by atoms with Crippen LogP contribution in [0.25, 0.3) is 11.0 Å². The number of benzene rings is 1. The number of hydrogen-bond acceptors (Lipinski definition) is 8. The quantitative estimate of drug-likeness (QED) is 0.218. The highest BCUT2D eigenvalue weighted by molar-refractivity contribution is 7.87. The predicted octanol–water partition coefficient (Wildman–Crippen LogP) is 4.99. The molecule has 278 valence electrons. The van der Waals surface area contributed by atoms with Gasteiger partial charge in [0.2, 0.25) is 17.1 Å². The molecule has 0 radical (unpaired) electrons. The van der Waals surface area contributed by atoms with Crippen molar-refractivity contribution in [1.82, 2.24) is 23.5 Å². The summed E-state index contributed by atoms with van der Waals surface area (Å²) in [6.45, 7) is 10.3. The number of halogens is 1. The summed E-state index contributed by atoms with van der Waals surface area (Å²) < 4.78 is 35.1. The number of ketones is 1. The Balaban J connectivity index is 0.000000263. The van der Waals surface area contributed by atoms with Gasteiger partial charge >= 0.3 is 10.2 Å². The zero-order chi connectivity index (χ0) is 36.9. The zero-order valence-electron chi connectivity index (χ0n) is 30.2. The molecule has 12 nitrogen and oxygen atoms in total. The lowest BCUT2D eigenvalue weighted by Gasteiger charge is -2.28. The molecule has 0 spiro atoms. The van der Waals surface area contributed by atoms with Gasteiger partial charge in [0.25, 0.3) is 0 Å². The number of aliphatic hydroxyl groups is 1. The molecule has 15 heteroatoms. The molecule has 3 heterocycles. The van der Waals surface area contributed by atoms with Crippen LogP contribution >= 0.6 is 11.6 Å². The Labute approximate surface area is 302 Å². The highest BCUT2D eigenvalue weighted by Crippen LogP contribution is 2.57. The van der Waals surface area contributed by atoms with Crippen LogP contribution in [0.15, 0.2) is 36.4 Å². The van der Waals surface area contributed by atoms with E-state index in [2.05, 4.69) is 29.3 Å². The van der Waals surface area contributed by atoms with Crippen LogP contribution in [0.5, 0.6) is 0 Å². The second-order valence-electron chi connectivity index (χ2n) is 15.3. The number of imidazole rings is 1. The minimum Gasteiger partial charge on any atom is -0.391 e. The smallest absolute Gasteiger partial charge is 0.303 e. The fraction of sp³-hybridized carbons (Fsp3) is 0.657. The van der Waals surface area contributed by atoms with E-state index in [-0.39, 0.29) is 42.9 Å². The zero-order valence-corrected chi connectivity index (χ0v) is 32.8. The van der Waals surface area contributed by atoms with E-state index in [1.54, 1.807) is 0 Å². The lowest BCUT2D eigenvalue weighted by molar-refractivity contribution is -0.141. The molecule has 0 bridgehead atoms. The van der Waals surface area contributed by atoms with Gasteiger partial charge in [-0.15, -0.1) is 0 Å². The van der Waals surface area contributed by atoms with Crippen molar-refractivity contribution in [2.45, 2.75) is 103 Å². The van der Waals surface area contributed by atoms with E-state index >= 15 is 0 Å². The van der Waals surface area contributed by atoms with Crippen molar-refractivity contribution in [3.63, 3.8) is 0 Å². The molecule has 2 amide bonds. The van der Waals surface area contributed by atoms with Crippen molar-refractivity contribution in [2.75, 3.05) is 27.2 Å². The molecular formula is C35H54ClN5O7SSi. The Kier molecular flexibility index (Phi) is 13.5. The summed E-state index contributed by atoms with van der Waals surface area (Å²) in [5.74, 6) is -1.61. The van der Waals surface area contributed by atoms with Crippen molar-refractivity contribution in [3.8, 4) is 0 Å². The van der Waals surface area contributed by atoms with Crippen LogP contribution < -0.4 is 4.72 Å². The third-order valence-electron chi connectivity index (χ3n) is 9.83. The molecule has 5 atom stereocenters. The van der Waals surface area contributed by atoms with Gasteiger partial charge in [-0.05, 0) is 61.4 Å². The minimum absolute atomic E-state index is 0.108. The number of hydrogen-bond donors (Lipinski definition) is 2. The van der Waals surface area contributed by atoms with Crippen LogP contribution in [0.3, 0.4) is 0 Å². The highest BCUT2D eigenvalue weighted by atomic mass is 35.5. The third-order valence-corrected chi connectivity index (χ3v) is 13.2. The van der Waals surface area contributed by atoms with E-state index in [1.807, 2.05) is 47.9 Å². The van der Waals surface area contributed by atoms with Crippen molar-refractivity contribution < 1.29 is 32.6 Å². The second kappa shape index (κ2) is 16.8. The number of fused-ring (bicyclic) bond motifs is 3. The molecule has 50 heavy (non-hydrogen) atoms. The average molecular weight is 752 g/mol. The fourth-order valence-corrected chi connectivity index (χ4v) is 8.10. The number of ether oxygens (including phenoxy) is 1. The van der Waals surface area contributed by atoms with Gasteiger partial charge in [0.15, 0.2) is 5.78 Å². The highest BCUT2D eigenvalue weighted by Gasteiger charge is 2.61. The van der Waals surface area contributed by atoms with E-state index in [1.165, 1.54) is 19.0 Å². The molecule has 2 aliphatic heterocycles. The van der Waals surface area contributed by atoms with Crippen molar-refractivity contribution in [2.24, 2.45) is 17.3 Å². The number of aromatic nitrogens is 2. The van der Waals surface area contributed by atoms with Gasteiger partial charge < -0.3 is 14.7 Å². The van der Waals surface area contributed by atoms with Crippen LogP contribution in [0.2, 0.25) is 31.0 Å². The molecule has 1 saturated carbocycles. The summed E-state index contributed by atoms with van der Waals surface area (Å²) in [5.41, 5.74) is 0.789. The fourth-order valence-electron chi connectivity index (χ4n) is 6.49. The average Bonchev–Trinajstić information content (AvgIpc) is 3.42. The summed E-state index contributed by atoms with van der Waals surface area (Å²) in [6.07, 6.45) is 7.92. The van der Waals surface area contributed by atoms with Crippen LogP contribution in [-0.4, -0.2) is 97.3 Å². The van der Waals surface area contributed by atoms with E-state index in [9.17, 15) is 27.9 Å². The molecule has 2 aromatic rings. The standard InChI is InChI=1S/C22H35N3O6S.C13H19ClN2OSi/c1-15-9-7-5-4-6-8-10-16-12-22(16,21(29)23-32(30,31)24(2)3)13-19(27)18-11-17(26)14-25(18)20(15)28;1-18(2,3)9-8-17-10-16-12-7-5-4-6-11(12)15-13(16)14/h8,10,15-18,26H,4-7,9,11-14H2,1-3H3,(H,23,29);4-7H,8-10H2,1-3H3/b10-8-;/t15-,16+,17+,18-,22+;/m0./s1. The maximum Gasteiger partial charge on any atom is 0.303 e. The summed E-state index contributed by atoms with van der Waals surface area (Å²) >= 11 is 6.12. The maximum atomic E-state index is 13.3. The summed E-state index contributed by atoms with van der Waals surface area (Å²) in [7, 11) is -2.37. The predicted molar refractivity (Wildman–Crippen MR) is 197 cm³/mol. The monoisotopic (exact) mass is 751 g/mol. The first-order valence-corrected chi connectivity index (χ1v) is 23.1. The molecule has 5 rings (SSSR count). The van der Waals surface area contributed by atoms with E-state index in [0.717, 1.165) is 60.1 Å². The Bertz CT molecular complexity index is 1660. The summed E-state index contributed by atoms with van der Waals surface area (Å²) in [6, 6.07) is 8.29. The lowest BCUT2D eigenvalue weighted by atomic mass is 9.91. The van der Waals surface area contributed by atoms with Crippen LogP contribution in [0.4, 0.5) is 0 Å². The normalized spacial score (nSPS) is 27.1. The van der Waals surface area contributed by atoms with Gasteiger partial charge in [0.1, 0.15) is 6.73 Å². The topological polar surface area (TPSA) is 151 Å². The van der Waals surface area contributed by atoms with Gasteiger partial charge in [-0.2, -0.15) is 12.7 Å². The number of nitrogens with zero attached hydrogens (tertiary/aromatic N) is 4. The largest absolute Gasteiger partial charge is 0.391 e. The van der Waals surface area contributed by atoms with Crippen molar-refractivity contribution in [1.29, 1.82) is 0 Å². The third kappa shape index (κ3) is 10.2.